The second kappa shape index (κ2) is 9.60. The van der Waals surface area contributed by atoms with Crippen molar-refractivity contribution in [3.05, 3.63) is 64.1 Å². The third kappa shape index (κ3) is 5.82. The predicted octanol–water partition coefficient (Wildman–Crippen LogP) is 3.63. The molecule has 14 heteroatoms. The quantitative estimate of drug-likeness (QED) is 0.317. The number of alkyl halides is 3. The fourth-order valence-electron chi connectivity index (χ4n) is 3.79. The highest BCUT2D eigenvalue weighted by molar-refractivity contribution is 5.37. The normalized spacial score (nSPS) is 17.2. The molecule has 3 aromatic rings. The molecule has 190 valence electrons. The van der Waals surface area contributed by atoms with E-state index in [9.17, 15) is 23.3 Å². The maximum atomic E-state index is 12.4. The number of fused-ring (bicyclic) bond motifs is 1. The van der Waals surface area contributed by atoms with E-state index >= 15 is 0 Å². The maximum absolute atomic E-state index is 12.4. The summed E-state index contributed by atoms with van der Waals surface area (Å²) in [6.45, 7) is 1.27. The van der Waals surface area contributed by atoms with Crippen molar-refractivity contribution >= 4 is 11.8 Å². The molecule has 0 bridgehead atoms. The zero-order valence-corrected chi connectivity index (χ0v) is 18.8. The Bertz CT molecular complexity index is 1210. The lowest BCUT2D eigenvalue weighted by Gasteiger charge is -2.23. The van der Waals surface area contributed by atoms with Crippen molar-refractivity contribution in [2.75, 3.05) is 11.5 Å². The molecule has 2 aliphatic rings. The second-order valence-electron chi connectivity index (χ2n) is 8.48. The Kier molecular flexibility index (Phi) is 6.35. The Morgan fingerprint density at radius 2 is 1.89 bits per heavy atom. The summed E-state index contributed by atoms with van der Waals surface area (Å²) in [4.78, 5) is 25.1. The van der Waals surface area contributed by atoms with Gasteiger partial charge in [0.05, 0.1) is 13.2 Å². The minimum absolute atomic E-state index is 0.192. The minimum atomic E-state index is -4.73. The zero-order chi connectivity index (χ0) is 25.3. The van der Waals surface area contributed by atoms with Gasteiger partial charge in [-0.05, 0) is 35.5 Å². The number of hydrogen-bond acceptors (Lipinski definition) is 9. The summed E-state index contributed by atoms with van der Waals surface area (Å²) < 4.78 is 53.9. The zero-order valence-electron chi connectivity index (χ0n) is 18.8. The topological polar surface area (TPSA) is 118 Å². The van der Waals surface area contributed by atoms with E-state index in [4.69, 9.17) is 9.47 Å². The van der Waals surface area contributed by atoms with Gasteiger partial charge in [-0.3, -0.25) is 4.57 Å². The molecule has 0 unspecified atom stereocenters. The van der Waals surface area contributed by atoms with Crippen molar-refractivity contribution in [2.45, 2.75) is 51.0 Å². The van der Waals surface area contributed by atoms with Gasteiger partial charge in [-0.2, -0.15) is 0 Å². The SMILES string of the molecule is O=[N+]([O-])c1cn2c(n1)OC[C@@H](OCc1cnc(N(Cc3ccc(OC(F)(F)F)cc3)C3CC3)nc1)C2. The van der Waals surface area contributed by atoms with Crippen LogP contribution in [0, 0.1) is 10.1 Å². The number of anilines is 1. The number of hydrogen-bond donors (Lipinski definition) is 0. The molecule has 11 nitrogen and oxygen atoms in total. The van der Waals surface area contributed by atoms with Crippen LogP contribution >= 0.6 is 0 Å². The van der Waals surface area contributed by atoms with Crippen molar-refractivity contribution in [2.24, 2.45) is 0 Å². The molecule has 5 rings (SSSR count). The summed E-state index contributed by atoms with van der Waals surface area (Å²) in [5.74, 6) is -0.0237. The van der Waals surface area contributed by atoms with Crippen LogP contribution in [0.3, 0.4) is 0 Å². The highest BCUT2D eigenvalue weighted by Crippen LogP contribution is 2.32. The average Bonchev–Trinajstić information content (AvgIpc) is 3.59. The largest absolute Gasteiger partial charge is 0.573 e. The number of halogens is 3. The van der Waals surface area contributed by atoms with E-state index in [2.05, 4.69) is 19.7 Å². The van der Waals surface area contributed by atoms with Crippen LogP contribution < -0.4 is 14.4 Å². The van der Waals surface area contributed by atoms with Crippen LogP contribution in [-0.4, -0.2) is 49.6 Å². The van der Waals surface area contributed by atoms with E-state index in [0.717, 1.165) is 24.0 Å². The molecule has 0 saturated heterocycles. The molecule has 0 N–H and O–H groups in total. The van der Waals surface area contributed by atoms with Gasteiger partial charge in [0.25, 0.3) is 0 Å². The van der Waals surface area contributed by atoms with E-state index in [-0.39, 0.29) is 42.9 Å². The second-order valence-corrected chi connectivity index (χ2v) is 8.48. The maximum Gasteiger partial charge on any atom is 0.573 e. The molecule has 0 amide bonds. The Labute approximate surface area is 202 Å². The molecular weight excluding hydrogens is 485 g/mol. The van der Waals surface area contributed by atoms with Crippen molar-refractivity contribution in [3.63, 3.8) is 0 Å². The van der Waals surface area contributed by atoms with Gasteiger partial charge >= 0.3 is 18.2 Å². The molecular formula is C22H21F3N6O5. The number of ether oxygens (including phenoxy) is 3. The molecule has 0 radical (unpaired) electrons. The third-order valence-corrected chi connectivity index (χ3v) is 5.64. The lowest BCUT2D eigenvalue weighted by molar-refractivity contribution is -0.389. The summed E-state index contributed by atoms with van der Waals surface area (Å²) in [5.41, 5.74) is 1.55. The number of aromatic nitrogens is 4. The molecule has 3 heterocycles. The minimum Gasteiger partial charge on any atom is -0.443 e. The van der Waals surface area contributed by atoms with E-state index in [1.165, 1.54) is 18.3 Å². The highest BCUT2D eigenvalue weighted by Gasteiger charge is 2.32. The fraction of sp³-hybridized carbons (Fsp3) is 0.409. The first-order chi connectivity index (χ1) is 17.2. The van der Waals surface area contributed by atoms with Crippen molar-refractivity contribution in [1.82, 2.24) is 19.5 Å². The lowest BCUT2D eigenvalue weighted by Crippen LogP contribution is -2.32. The predicted molar refractivity (Wildman–Crippen MR) is 117 cm³/mol. The van der Waals surface area contributed by atoms with Crippen molar-refractivity contribution in [3.8, 4) is 11.8 Å². The van der Waals surface area contributed by atoms with E-state index < -0.39 is 11.3 Å². The van der Waals surface area contributed by atoms with Gasteiger partial charge in [-0.15, -0.1) is 13.2 Å². The lowest BCUT2D eigenvalue weighted by atomic mass is 10.2. The summed E-state index contributed by atoms with van der Waals surface area (Å²) >= 11 is 0. The fourth-order valence-corrected chi connectivity index (χ4v) is 3.79. The summed E-state index contributed by atoms with van der Waals surface area (Å²) in [7, 11) is 0. The summed E-state index contributed by atoms with van der Waals surface area (Å²) in [6, 6.07) is 6.21. The molecule has 1 aromatic carbocycles. The molecule has 0 spiro atoms. The van der Waals surface area contributed by atoms with Gasteiger partial charge in [0, 0.05) is 35.5 Å². The monoisotopic (exact) mass is 506 g/mol. The first-order valence-electron chi connectivity index (χ1n) is 11.1. The number of rotatable bonds is 9. The van der Waals surface area contributed by atoms with E-state index in [0.29, 0.717) is 19.0 Å². The number of nitro groups is 1. The summed E-state index contributed by atoms with van der Waals surface area (Å²) in [5, 5.41) is 10.9. The van der Waals surface area contributed by atoms with Crippen LogP contribution in [0.15, 0.2) is 42.9 Å². The van der Waals surface area contributed by atoms with Gasteiger partial charge in [0.1, 0.15) is 24.7 Å². The molecule has 1 aliphatic heterocycles. The Morgan fingerprint density at radius 1 is 1.17 bits per heavy atom. The van der Waals surface area contributed by atoms with Gasteiger partial charge in [-0.25, -0.2) is 9.97 Å². The van der Waals surface area contributed by atoms with Crippen LogP contribution in [0.2, 0.25) is 0 Å². The van der Waals surface area contributed by atoms with Gasteiger partial charge < -0.3 is 29.2 Å². The number of benzene rings is 1. The van der Waals surface area contributed by atoms with Crippen LogP contribution in [0.1, 0.15) is 24.0 Å². The van der Waals surface area contributed by atoms with Crippen LogP contribution in [0.5, 0.6) is 11.8 Å². The number of imidazole rings is 1. The summed E-state index contributed by atoms with van der Waals surface area (Å²) in [6.07, 6.45) is 1.56. The van der Waals surface area contributed by atoms with Crippen LogP contribution in [0.4, 0.5) is 24.9 Å². The first kappa shape index (κ1) is 23.8. The molecule has 1 fully saturated rings. The third-order valence-electron chi connectivity index (χ3n) is 5.64. The molecule has 1 saturated carbocycles. The number of nitrogens with zero attached hydrogens (tertiary/aromatic N) is 6. The van der Waals surface area contributed by atoms with Crippen LogP contribution in [-0.2, 0) is 24.4 Å². The van der Waals surface area contributed by atoms with Crippen molar-refractivity contribution in [1.29, 1.82) is 0 Å². The Balaban J connectivity index is 1.17. The van der Waals surface area contributed by atoms with Crippen molar-refractivity contribution < 1.29 is 32.3 Å². The van der Waals surface area contributed by atoms with Crippen LogP contribution in [0.25, 0.3) is 0 Å². The first-order valence-corrected chi connectivity index (χ1v) is 11.1. The Morgan fingerprint density at radius 3 is 2.53 bits per heavy atom. The van der Waals surface area contributed by atoms with Gasteiger partial charge in [-0.1, -0.05) is 12.1 Å². The standard InChI is InChI=1S/C22H21F3N6O5/c23-22(24,25)36-17-5-1-14(2-6-17)9-30(16-3-4-16)20-26-7-15(8-27-20)12-34-18-10-29-11-19(31(32)33)28-21(29)35-13-18/h1-2,5-8,11,16,18H,3-4,9-10,12-13H2/t18-/m0/s1. The molecule has 1 aliphatic carbocycles. The smallest absolute Gasteiger partial charge is 0.443 e. The average molecular weight is 506 g/mol. The molecule has 2 aromatic heterocycles. The van der Waals surface area contributed by atoms with E-state index in [1.54, 1.807) is 29.1 Å². The molecule has 36 heavy (non-hydrogen) atoms. The highest BCUT2D eigenvalue weighted by atomic mass is 19.4. The molecule has 1 atom stereocenters. The van der Waals surface area contributed by atoms with Gasteiger partial charge in [0.2, 0.25) is 5.95 Å². The van der Waals surface area contributed by atoms with E-state index in [1.807, 2.05) is 4.90 Å². The van der Waals surface area contributed by atoms with Gasteiger partial charge in [0.15, 0.2) is 0 Å². The Hall–Kier alpha value is -3.94.